The van der Waals surface area contributed by atoms with Crippen molar-refractivity contribution in [2.75, 3.05) is 13.2 Å². The fraction of sp³-hybridized carbons (Fsp3) is 0.571. The molecule has 13 heavy (non-hydrogen) atoms. The first-order chi connectivity index (χ1) is 5.42. The summed E-state index contributed by atoms with van der Waals surface area (Å²) in [6, 6.07) is 2.01. The van der Waals surface area contributed by atoms with Gasteiger partial charge in [-0.25, -0.2) is 0 Å². The van der Waals surface area contributed by atoms with Crippen LogP contribution >= 0.6 is 24.8 Å². The average molecular weight is 226 g/mol. The maximum Gasteiger partial charge on any atom is 0.0727 e. The smallest absolute Gasteiger partial charge is 0.0727 e. The molecule has 1 unspecified atom stereocenters. The van der Waals surface area contributed by atoms with E-state index >= 15 is 0 Å². The van der Waals surface area contributed by atoms with Crippen LogP contribution in [0.5, 0.6) is 0 Å². The lowest BCUT2D eigenvalue weighted by molar-refractivity contribution is 0.224. The van der Waals surface area contributed by atoms with Crippen LogP contribution in [0.1, 0.15) is 11.7 Å². The van der Waals surface area contributed by atoms with Crippen molar-refractivity contribution in [1.29, 1.82) is 0 Å². The minimum atomic E-state index is 0. The van der Waals surface area contributed by atoms with Gasteiger partial charge in [-0.3, -0.25) is 4.68 Å². The van der Waals surface area contributed by atoms with E-state index in [2.05, 4.69) is 10.4 Å². The first-order valence-corrected chi connectivity index (χ1v) is 3.78. The topological polar surface area (TPSA) is 50.1 Å². The van der Waals surface area contributed by atoms with E-state index in [4.69, 9.17) is 5.11 Å². The van der Waals surface area contributed by atoms with E-state index in [0.717, 1.165) is 18.8 Å². The van der Waals surface area contributed by atoms with E-state index in [1.807, 2.05) is 10.7 Å². The Bertz CT molecular complexity index is 254. The number of hydrogen-bond acceptors (Lipinski definition) is 3. The van der Waals surface area contributed by atoms with Gasteiger partial charge < -0.3 is 10.4 Å². The summed E-state index contributed by atoms with van der Waals surface area (Å²) in [7, 11) is 0. The molecule has 76 valence electrons. The lowest BCUT2D eigenvalue weighted by Gasteiger charge is -2.23. The quantitative estimate of drug-likeness (QED) is 0.727. The molecule has 2 heterocycles. The van der Waals surface area contributed by atoms with Gasteiger partial charge >= 0.3 is 0 Å². The summed E-state index contributed by atoms with van der Waals surface area (Å²) in [6.07, 6.45) is 1.77. The molecule has 0 bridgehead atoms. The Morgan fingerprint density at radius 1 is 1.62 bits per heavy atom. The zero-order valence-corrected chi connectivity index (χ0v) is 8.64. The summed E-state index contributed by atoms with van der Waals surface area (Å²) in [5.74, 6) is 0. The van der Waals surface area contributed by atoms with E-state index in [-0.39, 0.29) is 37.5 Å². The predicted octanol–water partition coefficient (Wildman–Crippen LogP) is 0.363. The number of fused-ring (bicyclic) bond motifs is 1. The molecular weight excluding hydrogens is 213 g/mol. The summed E-state index contributed by atoms with van der Waals surface area (Å²) in [5.41, 5.74) is 1.08. The molecule has 6 heteroatoms. The van der Waals surface area contributed by atoms with Gasteiger partial charge in [-0.1, -0.05) is 0 Å². The summed E-state index contributed by atoms with van der Waals surface area (Å²) in [6.45, 7) is 1.93. The highest BCUT2D eigenvalue weighted by molar-refractivity contribution is 5.85. The van der Waals surface area contributed by atoms with Crippen LogP contribution in [0.25, 0.3) is 0 Å². The molecular formula is C7H13Cl2N3O. The van der Waals surface area contributed by atoms with Gasteiger partial charge in [-0.05, 0) is 6.07 Å². The average Bonchev–Trinajstić information content (AvgIpc) is 2.50. The van der Waals surface area contributed by atoms with Crippen molar-refractivity contribution < 1.29 is 5.11 Å². The number of aromatic nitrogens is 2. The van der Waals surface area contributed by atoms with Crippen LogP contribution in [0.3, 0.4) is 0 Å². The van der Waals surface area contributed by atoms with Crippen molar-refractivity contribution >= 4 is 24.8 Å². The van der Waals surface area contributed by atoms with Crippen LogP contribution in [0.2, 0.25) is 0 Å². The Morgan fingerprint density at radius 3 is 3.08 bits per heavy atom. The van der Waals surface area contributed by atoms with Gasteiger partial charge in [-0.15, -0.1) is 24.8 Å². The Morgan fingerprint density at radius 2 is 2.38 bits per heavy atom. The standard InChI is InChI=1S/C7H11N3O.2ClH/c11-5-6-7-1-2-9-10(7)4-3-8-6;;/h1-2,6,8,11H,3-5H2;2*1H. The van der Waals surface area contributed by atoms with Gasteiger partial charge in [0.15, 0.2) is 0 Å². The number of nitrogens with zero attached hydrogens (tertiary/aromatic N) is 2. The van der Waals surface area contributed by atoms with E-state index in [1.165, 1.54) is 0 Å². The Hall–Kier alpha value is -0.290. The van der Waals surface area contributed by atoms with Gasteiger partial charge in [0, 0.05) is 12.7 Å². The monoisotopic (exact) mass is 225 g/mol. The second-order valence-electron chi connectivity index (χ2n) is 2.67. The second kappa shape index (κ2) is 5.44. The molecule has 0 saturated carbocycles. The van der Waals surface area contributed by atoms with Crippen molar-refractivity contribution in [2.24, 2.45) is 0 Å². The van der Waals surface area contributed by atoms with Crippen molar-refractivity contribution in [3.8, 4) is 0 Å². The number of halogens is 2. The Kier molecular flexibility index (Phi) is 5.32. The lowest BCUT2D eigenvalue weighted by Crippen LogP contribution is -2.35. The molecule has 2 N–H and O–H groups in total. The number of hydrogen-bond donors (Lipinski definition) is 2. The normalized spacial score (nSPS) is 19.6. The molecule has 1 atom stereocenters. The van der Waals surface area contributed by atoms with E-state index in [9.17, 15) is 0 Å². The van der Waals surface area contributed by atoms with Crippen molar-refractivity contribution in [2.45, 2.75) is 12.6 Å². The van der Waals surface area contributed by atoms with Gasteiger partial charge in [0.2, 0.25) is 0 Å². The third kappa shape index (κ3) is 2.34. The van der Waals surface area contributed by atoms with Crippen LogP contribution in [-0.4, -0.2) is 28.0 Å². The Balaban J connectivity index is 0.000000720. The molecule has 1 aromatic rings. The van der Waals surface area contributed by atoms with E-state index in [1.54, 1.807) is 6.20 Å². The van der Waals surface area contributed by atoms with Crippen molar-refractivity contribution in [3.63, 3.8) is 0 Å². The molecule has 0 radical (unpaired) electrons. The minimum absolute atomic E-state index is 0. The first kappa shape index (κ1) is 12.7. The molecule has 4 nitrogen and oxygen atoms in total. The highest BCUT2D eigenvalue weighted by atomic mass is 35.5. The van der Waals surface area contributed by atoms with Gasteiger partial charge in [0.25, 0.3) is 0 Å². The lowest BCUT2D eigenvalue weighted by atomic mass is 10.2. The van der Waals surface area contributed by atoms with Crippen LogP contribution in [0, 0.1) is 0 Å². The maximum atomic E-state index is 8.95. The van der Waals surface area contributed by atoms with Crippen LogP contribution in [0.15, 0.2) is 12.3 Å². The molecule has 1 aliphatic heterocycles. The Labute approximate surface area is 89.1 Å². The number of nitrogens with one attached hydrogen (secondary N) is 1. The molecule has 0 aromatic carbocycles. The van der Waals surface area contributed by atoms with Gasteiger partial charge in [0.05, 0.1) is 24.9 Å². The van der Waals surface area contributed by atoms with Gasteiger partial charge in [0.1, 0.15) is 0 Å². The molecule has 0 spiro atoms. The fourth-order valence-corrected chi connectivity index (χ4v) is 1.43. The van der Waals surface area contributed by atoms with Crippen molar-refractivity contribution in [1.82, 2.24) is 15.1 Å². The minimum Gasteiger partial charge on any atom is -0.394 e. The number of rotatable bonds is 1. The molecule has 0 fully saturated rings. The number of aliphatic hydroxyl groups excluding tert-OH is 1. The zero-order chi connectivity index (χ0) is 7.68. The van der Waals surface area contributed by atoms with Crippen LogP contribution in [0.4, 0.5) is 0 Å². The maximum absolute atomic E-state index is 8.95. The van der Waals surface area contributed by atoms with Crippen molar-refractivity contribution in [3.05, 3.63) is 18.0 Å². The molecule has 1 aliphatic rings. The summed E-state index contributed by atoms with van der Waals surface area (Å²) in [4.78, 5) is 0. The summed E-state index contributed by atoms with van der Waals surface area (Å²) in [5, 5.41) is 16.3. The summed E-state index contributed by atoms with van der Waals surface area (Å²) < 4.78 is 1.93. The van der Waals surface area contributed by atoms with Crippen LogP contribution < -0.4 is 5.32 Å². The van der Waals surface area contributed by atoms with Crippen LogP contribution in [-0.2, 0) is 6.54 Å². The molecule has 0 saturated heterocycles. The van der Waals surface area contributed by atoms with Gasteiger partial charge in [-0.2, -0.15) is 5.10 Å². The SMILES string of the molecule is Cl.Cl.OCC1NCCn2nccc21. The molecule has 0 amide bonds. The predicted molar refractivity (Wildman–Crippen MR) is 54.6 cm³/mol. The molecule has 1 aromatic heterocycles. The fourth-order valence-electron chi connectivity index (χ4n) is 1.43. The largest absolute Gasteiger partial charge is 0.394 e. The third-order valence-electron chi connectivity index (χ3n) is 2.00. The summed E-state index contributed by atoms with van der Waals surface area (Å²) >= 11 is 0. The third-order valence-corrected chi connectivity index (χ3v) is 2.00. The van der Waals surface area contributed by atoms with E-state index < -0.39 is 0 Å². The second-order valence-corrected chi connectivity index (χ2v) is 2.67. The zero-order valence-electron chi connectivity index (χ0n) is 7.01. The first-order valence-electron chi connectivity index (χ1n) is 3.78. The highest BCUT2D eigenvalue weighted by Gasteiger charge is 2.18. The number of aliphatic hydroxyl groups is 1. The molecule has 2 rings (SSSR count). The molecule has 0 aliphatic carbocycles. The highest BCUT2D eigenvalue weighted by Crippen LogP contribution is 2.14. The van der Waals surface area contributed by atoms with E-state index in [0.29, 0.717) is 0 Å².